The maximum atomic E-state index is 11.4. The number of nitrogens with one attached hydrogen (secondary N) is 1. The van der Waals surface area contributed by atoms with E-state index in [-0.39, 0.29) is 5.97 Å². The first-order chi connectivity index (χ1) is 9.67. The molecule has 1 aromatic heterocycles. The summed E-state index contributed by atoms with van der Waals surface area (Å²) in [4.78, 5) is 12.8. The fraction of sp³-hybridized carbons (Fsp3) is 0.267. The van der Waals surface area contributed by atoms with Crippen molar-refractivity contribution in [3.8, 4) is 0 Å². The van der Waals surface area contributed by atoms with Crippen molar-refractivity contribution in [1.29, 1.82) is 0 Å². The second-order valence-electron chi connectivity index (χ2n) is 4.73. The Balaban J connectivity index is 1.74. The Morgan fingerprint density at radius 1 is 1.40 bits per heavy atom. The van der Waals surface area contributed by atoms with Crippen molar-refractivity contribution in [2.24, 2.45) is 0 Å². The molecule has 5 heteroatoms. The molecule has 0 fully saturated rings. The molecule has 0 radical (unpaired) electrons. The number of aryl methyl sites for hydroxylation is 1. The molecule has 1 heterocycles. The van der Waals surface area contributed by atoms with Gasteiger partial charge in [-0.05, 0) is 48.7 Å². The van der Waals surface area contributed by atoms with Crippen molar-refractivity contribution in [1.82, 2.24) is 0 Å². The molecule has 1 aromatic carbocycles. The Kier molecular flexibility index (Phi) is 3.68. The number of rotatable bonds is 3. The number of methoxy groups -OCH3 is 1. The van der Waals surface area contributed by atoms with E-state index >= 15 is 0 Å². The first-order valence-corrected chi connectivity index (χ1v) is 7.60. The Hall–Kier alpha value is -1.52. The summed E-state index contributed by atoms with van der Waals surface area (Å²) in [6.45, 7) is 0. The van der Waals surface area contributed by atoms with Crippen LogP contribution in [0.3, 0.4) is 0 Å². The van der Waals surface area contributed by atoms with Gasteiger partial charge in [0.2, 0.25) is 0 Å². The second kappa shape index (κ2) is 5.46. The predicted molar refractivity (Wildman–Crippen MR) is 81.8 cm³/mol. The van der Waals surface area contributed by atoms with E-state index in [9.17, 15) is 4.79 Å². The van der Waals surface area contributed by atoms with E-state index in [1.807, 2.05) is 12.1 Å². The summed E-state index contributed by atoms with van der Waals surface area (Å²) >= 11 is 7.72. The number of esters is 1. The average Bonchev–Trinajstić information content (AvgIpc) is 2.99. The lowest BCUT2D eigenvalue weighted by molar-refractivity contribution is 0.0601. The Morgan fingerprint density at radius 3 is 2.85 bits per heavy atom. The van der Waals surface area contributed by atoms with Gasteiger partial charge in [-0.2, -0.15) is 0 Å². The zero-order valence-corrected chi connectivity index (χ0v) is 12.6. The number of carbonyl (C=O) groups is 1. The third-order valence-electron chi connectivity index (χ3n) is 3.49. The van der Waals surface area contributed by atoms with Crippen LogP contribution in [-0.2, 0) is 11.2 Å². The topological polar surface area (TPSA) is 38.3 Å². The van der Waals surface area contributed by atoms with Gasteiger partial charge in [0.1, 0.15) is 0 Å². The lowest BCUT2D eigenvalue weighted by Gasteiger charge is -2.14. The Bertz CT molecular complexity index is 636. The fourth-order valence-electron chi connectivity index (χ4n) is 2.50. The van der Waals surface area contributed by atoms with Crippen LogP contribution in [0.1, 0.15) is 33.3 Å². The van der Waals surface area contributed by atoms with Crippen molar-refractivity contribution in [2.75, 3.05) is 12.4 Å². The minimum absolute atomic E-state index is 0.303. The number of benzene rings is 1. The highest BCUT2D eigenvalue weighted by molar-refractivity contribution is 7.16. The molecule has 1 aliphatic rings. The van der Waals surface area contributed by atoms with Crippen LogP contribution in [-0.4, -0.2) is 13.1 Å². The summed E-state index contributed by atoms with van der Waals surface area (Å²) in [5.74, 6) is -0.315. The number of thiophene rings is 1. The smallest absolute Gasteiger partial charge is 0.337 e. The lowest BCUT2D eigenvalue weighted by Crippen LogP contribution is -2.07. The molecule has 0 saturated carbocycles. The van der Waals surface area contributed by atoms with Crippen molar-refractivity contribution < 1.29 is 9.53 Å². The van der Waals surface area contributed by atoms with Crippen LogP contribution in [0.5, 0.6) is 0 Å². The van der Waals surface area contributed by atoms with Crippen LogP contribution in [0, 0.1) is 0 Å². The zero-order chi connectivity index (χ0) is 14.1. The number of hydrogen-bond acceptors (Lipinski definition) is 4. The molecule has 3 rings (SSSR count). The summed E-state index contributed by atoms with van der Waals surface area (Å²) in [7, 11) is 1.38. The van der Waals surface area contributed by atoms with Crippen LogP contribution in [0.2, 0.25) is 4.34 Å². The first kappa shape index (κ1) is 13.5. The van der Waals surface area contributed by atoms with Gasteiger partial charge < -0.3 is 10.1 Å². The monoisotopic (exact) mass is 307 g/mol. The second-order valence-corrected chi connectivity index (χ2v) is 6.50. The Labute approximate surface area is 126 Å². The van der Waals surface area contributed by atoms with Gasteiger partial charge in [0.25, 0.3) is 0 Å². The first-order valence-electron chi connectivity index (χ1n) is 6.40. The van der Waals surface area contributed by atoms with E-state index in [0.29, 0.717) is 11.6 Å². The minimum atomic E-state index is -0.315. The molecule has 0 aliphatic heterocycles. The molecule has 20 heavy (non-hydrogen) atoms. The van der Waals surface area contributed by atoms with Crippen LogP contribution in [0.15, 0.2) is 30.3 Å². The van der Waals surface area contributed by atoms with E-state index in [0.717, 1.165) is 22.9 Å². The van der Waals surface area contributed by atoms with Gasteiger partial charge in [-0.15, -0.1) is 11.3 Å². The minimum Gasteiger partial charge on any atom is -0.465 e. The fourth-order valence-corrected chi connectivity index (χ4v) is 3.86. The highest BCUT2D eigenvalue weighted by Gasteiger charge is 2.24. The molecular formula is C15H14ClNO2S. The number of anilines is 1. The number of halogens is 1. The van der Waals surface area contributed by atoms with Crippen LogP contribution in [0.25, 0.3) is 0 Å². The summed E-state index contributed by atoms with van der Waals surface area (Å²) in [5, 5.41) is 3.49. The third-order valence-corrected chi connectivity index (χ3v) is 4.83. The molecule has 0 amide bonds. The number of fused-ring (bicyclic) bond motifs is 1. The highest BCUT2D eigenvalue weighted by atomic mass is 35.5. The number of carbonyl (C=O) groups excluding carboxylic acids is 1. The summed E-state index contributed by atoms with van der Waals surface area (Å²) in [6.07, 6.45) is 2.15. The molecule has 2 aromatic rings. The summed E-state index contributed by atoms with van der Waals surface area (Å²) < 4.78 is 5.54. The largest absolute Gasteiger partial charge is 0.465 e. The molecular weight excluding hydrogens is 294 g/mol. The van der Waals surface area contributed by atoms with Crippen molar-refractivity contribution >= 4 is 34.6 Å². The Morgan fingerprint density at radius 2 is 2.15 bits per heavy atom. The number of hydrogen-bond donors (Lipinski definition) is 1. The standard InChI is InChI=1S/C15H14ClNO2S/c1-19-15(18)9-2-4-10(5-3-9)17-12-6-7-13-11(12)8-14(16)20-13/h2-5,8,12,17H,6-7H2,1H3. The highest BCUT2D eigenvalue weighted by Crippen LogP contribution is 2.40. The van der Waals surface area contributed by atoms with Gasteiger partial charge >= 0.3 is 5.97 Å². The summed E-state index contributed by atoms with van der Waals surface area (Å²) in [6, 6.07) is 9.69. The normalized spacial score (nSPS) is 16.8. The maximum absolute atomic E-state index is 11.4. The molecule has 1 aliphatic carbocycles. The third kappa shape index (κ3) is 2.53. The van der Waals surface area contributed by atoms with E-state index in [4.69, 9.17) is 11.6 Å². The summed E-state index contributed by atoms with van der Waals surface area (Å²) in [5.41, 5.74) is 2.86. The van der Waals surface area contributed by atoms with Crippen molar-refractivity contribution in [2.45, 2.75) is 18.9 Å². The van der Waals surface area contributed by atoms with Gasteiger partial charge in [0, 0.05) is 10.6 Å². The zero-order valence-electron chi connectivity index (χ0n) is 11.0. The molecule has 3 nitrogen and oxygen atoms in total. The van der Waals surface area contributed by atoms with Gasteiger partial charge in [-0.25, -0.2) is 4.79 Å². The van der Waals surface area contributed by atoms with Gasteiger partial charge in [0.15, 0.2) is 0 Å². The molecule has 1 atom stereocenters. The SMILES string of the molecule is COC(=O)c1ccc(NC2CCc3sc(Cl)cc32)cc1. The van der Waals surface area contributed by atoms with Crippen molar-refractivity contribution in [3.05, 3.63) is 50.7 Å². The van der Waals surface area contributed by atoms with E-state index in [1.165, 1.54) is 17.6 Å². The molecule has 104 valence electrons. The quantitative estimate of drug-likeness (QED) is 0.860. The predicted octanol–water partition coefficient (Wildman–Crippen LogP) is 4.29. The van der Waals surface area contributed by atoms with Crippen LogP contribution in [0.4, 0.5) is 5.69 Å². The van der Waals surface area contributed by atoms with Gasteiger partial charge in [-0.3, -0.25) is 0 Å². The molecule has 1 unspecified atom stereocenters. The van der Waals surface area contributed by atoms with Crippen molar-refractivity contribution in [3.63, 3.8) is 0 Å². The molecule has 0 bridgehead atoms. The number of ether oxygens (including phenoxy) is 1. The molecule has 0 saturated heterocycles. The van der Waals surface area contributed by atoms with Crippen LogP contribution < -0.4 is 5.32 Å². The average molecular weight is 308 g/mol. The van der Waals surface area contributed by atoms with Gasteiger partial charge in [-0.1, -0.05) is 11.6 Å². The molecule has 1 N–H and O–H groups in total. The van der Waals surface area contributed by atoms with E-state index in [1.54, 1.807) is 23.5 Å². The van der Waals surface area contributed by atoms with E-state index < -0.39 is 0 Å². The molecule has 0 spiro atoms. The van der Waals surface area contributed by atoms with Gasteiger partial charge in [0.05, 0.1) is 23.1 Å². The van der Waals surface area contributed by atoms with E-state index in [2.05, 4.69) is 16.1 Å². The maximum Gasteiger partial charge on any atom is 0.337 e. The lowest BCUT2D eigenvalue weighted by atomic mass is 10.1. The van der Waals surface area contributed by atoms with Crippen LogP contribution >= 0.6 is 22.9 Å².